The standard InChI is InChI=1S/C21H19ClN6O2S/c1-31-21-17(20-25-19(27-30-20)14-5-3-2-4-6-14)18(23)28(26-21)12-16(29)24-11-13-7-9-15(22)10-8-13/h2-10H,11-12,23H2,1H3,(H,24,29). The molecule has 0 saturated heterocycles. The van der Waals surface area contributed by atoms with Gasteiger partial charge < -0.3 is 15.6 Å². The fraction of sp³-hybridized carbons (Fsp3) is 0.143. The molecule has 158 valence electrons. The van der Waals surface area contributed by atoms with Crippen molar-refractivity contribution in [2.24, 2.45) is 0 Å². The molecule has 31 heavy (non-hydrogen) atoms. The van der Waals surface area contributed by atoms with Gasteiger partial charge in [0.05, 0.1) is 0 Å². The van der Waals surface area contributed by atoms with Crippen LogP contribution in [0, 0.1) is 0 Å². The second-order valence-corrected chi connectivity index (χ2v) is 7.85. The average molecular weight is 455 g/mol. The number of nitrogens with zero attached hydrogens (tertiary/aromatic N) is 4. The molecular weight excluding hydrogens is 436 g/mol. The van der Waals surface area contributed by atoms with E-state index in [0.29, 0.717) is 28.0 Å². The molecule has 0 aliphatic carbocycles. The zero-order valence-electron chi connectivity index (χ0n) is 16.6. The molecule has 0 aliphatic rings. The maximum atomic E-state index is 12.4. The fourth-order valence-electron chi connectivity index (χ4n) is 2.94. The van der Waals surface area contributed by atoms with Gasteiger partial charge in [-0.1, -0.05) is 59.2 Å². The van der Waals surface area contributed by atoms with Crippen LogP contribution in [0.15, 0.2) is 64.1 Å². The lowest BCUT2D eigenvalue weighted by atomic mass is 10.2. The molecule has 2 heterocycles. The maximum Gasteiger partial charge on any atom is 0.264 e. The highest BCUT2D eigenvalue weighted by molar-refractivity contribution is 7.98. The van der Waals surface area contributed by atoms with Crippen LogP contribution in [0.25, 0.3) is 22.8 Å². The van der Waals surface area contributed by atoms with Crippen molar-refractivity contribution in [1.29, 1.82) is 0 Å². The summed E-state index contributed by atoms with van der Waals surface area (Å²) in [5.41, 5.74) is 8.59. The van der Waals surface area contributed by atoms with E-state index in [9.17, 15) is 4.79 Å². The minimum atomic E-state index is -0.223. The number of hydrogen-bond donors (Lipinski definition) is 2. The zero-order valence-corrected chi connectivity index (χ0v) is 18.2. The van der Waals surface area contributed by atoms with E-state index in [2.05, 4.69) is 20.6 Å². The van der Waals surface area contributed by atoms with Gasteiger partial charge in [0, 0.05) is 17.1 Å². The molecule has 0 aliphatic heterocycles. The Hall–Kier alpha value is -3.30. The van der Waals surface area contributed by atoms with Crippen molar-refractivity contribution in [2.45, 2.75) is 18.1 Å². The molecule has 8 nitrogen and oxygen atoms in total. The van der Waals surface area contributed by atoms with Gasteiger partial charge in [0.1, 0.15) is 23.0 Å². The van der Waals surface area contributed by atoms with E-state index in [1.165, 1.54) is 16.4 Å². The van der Waals surface area contributed by atoms with Crippen molar-refractivity contribution in [3.63, 3.8) is 0 Å². The summed E-state index contributed by atoms with van der Waals surface area (Å²) in [6.07, 6.45) is 1.87. The number of nitrogens with two attached hydrogens (primary N) is 1. The molecule has 0 unspecified atom stereocenters. The topological polar surface area (TPSA) is 112 Å². The van der Waals surface area contributed by atoms with E-state index in [4.69, 9.17) is 21.9 Å². The van der Waals surface area contributed by atoms with Gasteiger partial charge in [0.2, 0.25) is 11.7 Å². The van der Waals surface area contributed by atoms with Crippen molar-refractivity contribution in [1.82, 2.24) is 25.2 Å². The molecule has 10 heteroatoms. The lowest BCUT2D eigenvalue weighted by Crippen LogP contribution is -2.28. The highest BCUT2D eigenvalue weighted by Gasteiger charge is 2.23. The molecule has 4 rings (SSSR count). The van der Waals surface area contributed by atoms with E-state index in [1.54, 1.807) is 12.1 Å². The second-order valence-electron chi connectivity index (χ2n) is 6.62. The Balaban J connectivity index is 1.51. The number of nitrogens with one attached hydrogen (secondary N) is 1. The van der Waals surface area contributed by atoms with Crippen LogP contribution in [0.5, 0.6) is 0 Å². The quantitative estimate of drug-likeness (QED) is 0.407. The third-order valence-corrected chi connectivity index (χ3v) is 5.45. The van der Waals surface area contributed by atoms with Gasteiger partial charge in [0.15, 0.2) is 0 Å². The van der Waals surface area contributed by atoms with Crippen LogP contribution < -0.4 is 11.1 Å². The van der Waals surface area contributed by atoms with Crippen LogP contribution >= 0.6 is 23.4 Å². The van der Waals surface area contributed by atoms with Crippen molar-refractivity contribution in [3.8, 4) is 22.8 Å². The smallest absolute Gasteiger partial charge is 0.264 e. The van der Waals surface area contributed by atoms with E-state index in [0.717, 1.165) is 11.1 Å². The molecule has 4 aromatic rings. The molecule has 2 aromatic carbocycles. The number of anilines is 1. The van der Waals surface area contributed by atoms with Crippen LogP contribution in [-0.2, 0) is 17.9 Å². The summed E-state index contributed by atoms with van der Waals surface area (Å²) >= 11 is 7.27. The summed E-state index contributed by atoms with van der Waals surface area (Å²) in [5.74, 6) is 0.775. The Bertz CT molecular complexity index is 1190. The first-order valence-corrected chi connectivity index (χ1v) is 11.0. The van der Waals surface area contributed by atoms with E-state index < -0.39 is 0 Å². The van der Waals surface area contributed by atoms with Gasteiger partial charge >= 0.3 is 0 Å². The summed E-state index contributed by atoms with van der Waals surface area (Å²) in [7, 11) is 0. The van der Waals surface area contributed by atoms with Gasteiger partial charge in [-0.2, -0.15) is 10.1 Å². The molecule has 0 bridgehead atoms. The van der Waals surface area contributed by atoms with Gasteiger partial charge in [-0.05, 0) is 24.0 Å². The maximum absolute atomic E-state index is 12.4. The van der Waals surface area contributed by atoms with E-state index in [1.807, 2.05) is 48.7 Å². The minimum Gasteiger partial charge on any atom is -0.383 e. The van der Waals surface area contributed by atoms with Gasteiger partial charge in [-0.3, -0.25) is 4.79 Å². The van der Waals surface area contributed by atoms with Crippen molar-refractivity contribution in [2.75, 3.05) is 12.0 Å². The van der Waals surface area contributed by atoms with Gasteiger partial charge in [-0.25, -0.2) is 4.68 Å². The van der Waals surface area contributed by atoms with Crippen molar-refractivity contribution < 1.29 is 9.32 Å². The molecule has 1 amide bonds. The second kappa shape index (κ2) is 9.23. The first kappa shape index (κ1) is 21.0. The number of amides is 1. The Morgan fingerprint density at radius 2 is 1.94 bits per heavy atom. The van der Waals surface area contributed by atoms with Crippen molar-refractivity contribution >= 4 is 35.1 Å². The number of benzene rings is 2. The van der Waals surface area contributed by atoms with Crippen LogP contribution in [0.1, 0.15) is 5.56 Å². The predicted molar refractivity (Wildman–Crippen MR) is 120 cm³/mol. The number of nitrogen functional groups attached to an aromatic ring is 1. The largest absolute Gasteiger partial charge is 0.383 e. The predicted octanol–water partition coefficient (Wildman–Crippen LogP) is 3.87. The lowest BCUT2D eigenvalue weighted by molar-refractivity contribution is -0.122. The summed E-state index contributed by atoms with van der Waals surface area (Å²) in [6, 6.07) is 16.8. The first-order chi connectivity index (χ1) is 15.0. The third-order valence-electron chi connectivity index (χ3n) is 4.52. The number of carbonyl (C=O) groups excluding carboxylic acids is 1. The molecule has 0 atom stereocenters. The number of hydrogen-bond acceptors (Lipinski definition) is 7. The molecule has 3 N–H and O–H groups in total. The molecule has 0 saturated carbocycles. The van der Waals surface area contributed by atoms with Crippen LogP contribution in [0.2, 0.25) is 5.02 Å². The third kappa shape index (κ3) is 4.73. The molecule has 0 fully saturated rings. The number of aromatic nitrogens is 4. The summed E-state index contributed by atoms with van der Waals surface area (Å²) in [4.78, 5) is 16.9. The molecule has 0 radical (unpaired) electrons. The fourth-order valence-corrected chi connectivity index (χ4v) is 3.64. The zero-order chi connectivity index (χ0) is 21.8. The number of halogens is 1. The summed E-state index contributed by atoms with van der Waals surface area (Å²) in [5, 5.41) is 12.6. The molecule has 0 spiro atoms. The Morgan fingerprint density at radius 3 is 2.65 bits per heavy atom. The lowest BCUT2D eigenvalue weighted by Gasteiger charge is -2.07. The number of thioether (sulfide) groups is 1. The summed E-state index contributed by atoms with van der Waals surface area (Å²) in [6.45, 7) is 0.343. The summed E-state index contributed by atoms with van der Waals surface area (Å²) < 4.78 is 6.88. The Kier molecular flexibility index (Phi) is 6.24. The van der Waals surface area contributed by atoms with Crippen LogP contribution in [0.3, 0.4) is 0 Å². The Morgan fingerprint density at radius 1 is 1.19 bits per heavy atom. The van der Waals surface area contributed by atoms with Crippen LogP contribution in [-0.4, -0.2) is 32.1 Å². The number of carbonyl (C=O) groups is 1. The van der Waals surface area contributed by atoms with Gasteiger partial charge in [0.25, 0.3) is 5.89 Å². The van der Waals surface area contributed by atoms with E-state index in [-0.39, 0.29) is 24.2 Å². The first-order valence-electron chi connectivity index (χ1n) is 9.36. The highest BCUT2D eigenvalue weighted by Crippen LogP contribution is 2.34. The highest BCUT2D eigenvalue weighted by atomic mass is 35.5. The van der Waals surface area contributed by atoms with Crippen LogP contribution in [0.4, 0.5) is 5.82 Å². The monoisotopic (exact) mass is 454 g/mol. The van der Waals surface area contributed by atoms with Crippen molar-refractivity contribution in [3.05, 3.63) is 65.2 Å². The number of rotatable bonds is 7. The van der Waals surface area contributed by atoms with E-state index >= 15 is 0 Å². The SMILES string of the molecule is CSc1nn(CC(=O)NCc2ccc(Cl)cc2)c(N)c1-c1nc(-c2ccccc2)no1. The molecular formula is C21H19ClN6O2S. The van der Waals surface area contributed by atoms with Gasteiger partial charge in [-0.15, -0.1) is 11.8 Å². The molecule has 2 aromatic heterocycles. The minimum absolute atomic E-state index is 0.0351. The Labute approximate surface area is 187 Å². The normalized spacial score (nSPS) is 10.9. The average Bonchev–Trinajstić information content (AvgIpc) is 3.39.